The largest absolute Gasteiger partial charge is 0.376 e. The summed E-state index contributed by atoms with van der Waals surface area (Å²) in [5.74, 6) is 0.774. The first-order valence-electron chi connectivity index (χ1n) is 7.82. The van der Waals surface area contributed by atoms with Crippen molar-refractivity contribution in [2.75, 3.05) is 32.8 Å². The third-order valence-electron chi connectivity index (χ3n) is 4.18. The van der Waals surface area contributed by atoms with Crippen LogP contribution >= 0.6 is 0 Å². The molecular formula is C15H30N2O. The van der Waals surface area contributed by atoms with Crippen molar-refractivity contribution in [3.8, 4) is 0 Å². The fourth-order valence-corrected chi connectivity index (χ4v) is 3.28. The van der Waals surface area contributed by atoms with E-state index in [1.807, 2.05) is 0 Å². The Morgan fingerprint density at radius 2 is 2.06 bits per heavy atom. The second-order valence-electron chi connectivity index (χ2n) is 6.31. The summed E-state index contributed by atoms with van der Waals surface area (Å²) in [5, 5.41) is 3.43. The van der Waals surface area contributed by atoms with E-state index in [0.29, 0.717) is 6.10 Å². The lowest BCUT2D eigenvalue weighted by Gasteiger charge is -2.32. The molecule has 1 saturated carbocycles. The highest BCUT2D eigenvalue weighted by Crippen LogP contribution is 2.24. The van der Waals surface area contributed by atoms with Crippen molar-refractivity contribution >= 4 is 0 Å². The lowest BCUT2D eigenvalue weighted by Crippen LogP contribution is -2.43. The van der Waals surface area contributed by atoms with Crippen molar-refractivity contribution in [2.24, 2.45) is 5.92 Å². The summed E-state index contributed by atoms with van der Waals surface area (Å²) in [7, 11) is 0. The molecule has 1 aliphatic carbocycles. The summed E-state index contributed by atoms with van der Waals surface area (Å²) in [6.07, 6.45) is 7.32. The van der Waals surface area contributed by atoms with Crippen LogP contribution in [0, 0.1) is 5.92 Å². The Hall–Kier alpha value is -0.120. The second-order valence-corrected chi connectivity index (χ2v) is 6.31. The molecule has 0 aromatic heterocycles. The summed E-state index contributed by atoms with van der Waals surface area (Å²) in [6.45, 7) is 10.1. The SMILES string of the molecule is CC(C)CN(CCC1CNCCO1)C1CCCC1. The molecule has 0 aromatic carbocycles. The highest BCUT2D eigenvalue weighted by molar-refractivity contribution is 4.79. The molecular weight excluding hydrogens is 224 g/mol. The standard InChI is InChI=1S/C15H30N2O/c1-13(2)12-17(14-5-3-4-6-14)9-7-15-11-16-8-10-18-15/h13-16H,3-12H2,1-2H3. The lowest BCUT2D eigenvalue weighted by atomic mass is 10.1. The first kappa shape index (κ1) is 14.3. The molecule has 1 heterocycles. The van der Waals surface area contributed by atoms with Gasteiger partial charge in [0, 0.05) is 32.2 Å². The maximum absolute atomic E-state index is 5.81. The number of nitrogens with zero attached hydrogens (tertiary/aromatic N) is 1. The molecule has 0 spiro atoms. The normalized spacial score (nSPS) is 26.3. The van der Waals surface area contributed by atoms with Gasteiger partial charge in [0.1, 0.15) is 0 Å². The summed E-state index contributed by atoms with van der Waals surface area (Å²) in [5.41, 5.74) is 0. The van der Waals surface area contributed by atoms with Crippen LogP contribution in [0.3, 0.4) is 0 Å². The predicted molar refractivity (Wildman–Crippen MR) is 75.9 cm³/mol. The first-order chi connectivity index (χ1) is 8.75. The molecule has 3 nitrogen and oxygen atoms in total. The van der Waals surface area contributed by atoms with Crippen LogP contribution in [0.1, 0.15) is 46.0 Å². The summed E-state index contributed by atoms with van der Waals surface area (Å²) >= 11 is 0. The van der Waals surface area contributed by atoms with Gasteiger partial charge in [0.15, 0.2) is 0 Å². The van der Waals surface area contributed by atoms with E-state index in [-0.39, 0.29) is 0 Å². The van der Waals surface area contributed by atoms with E-state index in [0.717, 1.165) is 31.7 Å². The van der Waals surface area contributed by atoms with E-state index in [1.165, 1.54) is 45.2 Å². The minimum absolute atomic E-state index is 0.440. The van der Waals surface area contributed by atoms with Gasteiger partial charge in [-0.15, -0.1) is 0 Å². The van der Waals surface area contributed by atoms with Crippen LogP contribution in [-0.2, 0) is 4.74 Å². The van der Waals surface area contributed by atoms with Crippen molar-refractivity contribution < 1.29 is 4.74 Å². The molecule has 106 valence electrons. The zero-order chi connectivity index (χ0) is 12.8. The van der Waals surface area contributed by atoms with Crippen molar-refractivity contribution in [3.05, 3.63) is 0 Å². The number of hydrogen-bond acceptors (Lipinski definition) is 3. The lowest BCUT2D eigenvalue weighted by molar-refractivity contribution is 0.0135. The first-order valence-corrected chi connectivity index (χ1v) is 7.82. The molecule has 18 heavy (non-hydrogen) atoms. The Balaban J connectivity index is 1.76. The smallest absolute Gasteiger partial charge is 0.0712 e. The van der Waals surface area contributed by atoms with Crippen molar-refractivity contribution in [3.63, 3.8) is 0 Å². The Morgan fingerprint density at radius 1 is 1.28 bits per heavy atom. The minimum Gasteiger partial charge on any atom is -0.376 e. The number of ether oxygens (including phenoxy) is 1. The molecule has 0 amide bonds. The fraction of sp³-hybridized carbons (Fsp3) is 1.00. The van der Waals surface area contributed by atoms with Crippen LogP contribution in [0.2, 0.25) is 0 Å². The number of morpholine rings is 1. The topological polar surface area (TPSA) is 24.5 Å². The maximum atomic E-state index is 5.81. The van der Waals surface area contributed by atoms with Crippen molar-refractivity contribution in [1.29, 1.82) is 0 Å². The predicted octanol–water partition coefficient (Wildman–Crippen LogP) is 2.27. The average molecular weight is 254 g/mol. The number of rotatable bonds is 6. The van der Waals surface area contributed by atoms with Gasteiger partial charge in [-0.1, -0.05) is 26.7 Å². The van der Waals surface area contributed by atoms with E-state index in [9.17, 15) is 0 Å². The van der Waals surface area contributed by atoms with E-state index in [2.05, 4.69) is 24.1 Å². The summed E-state index contributed by atoms with van der Waals surface area (Å²) in [4.78, 5) is 2.73. The molecule has 1 atom stereocenters. The Labute approximate surface area is 112 Å². The Bertz CT molecular complexity index is 221. The molecule has 3 heteroatoms. The van der Waals surface area contributed by atoms with E-state index in [4.69, 9.17) is 4.74 Å². The van der Waals surface area contributed by atoms with Crippen molar-refractivity contribution in [1.82, 2.24) is 10.2 Å². The minimum atomic E-state index is 0.440. The molecule has 2 rings (SSSR count). The molecule has 1 saturated heterocycles. The molecule has 0 radical (unpaired) electrons. The van der Waals surface area contributed by atoms with Gasteiger partial charge in [0.05, 0.1) is 12.7 Å². The third-order valence-corrected chi connectivity index (χ3v) is 4.18. The third kappa shape index (κ3) is 4.52. The van der Waals surface area contributed by atoms with E-state index in [1.54, 1.807) is 0 Å². The van der Waals surface area contributed by atoms with E-state index < -0.39 is 0 Å². The zero-order valence-corrected chi connectivity index (χ0v) is 12.2. The molecule has 2 fully saturated rings. The fourth-order valence-electron chi connectivity index (χ4n) is 3.28. The van der Waals surface area contributed by atoms with Crippen molar-refractivity contribution in [2.45, 2.75) is 58.1 Å². The van der Waals surface area contributed by atoms with Crippen LogP contribution in [0.25, 0.3) is 0 Å². The van der Waals surface area contributed by atoms with Gasteiger partial charge in [-0.05, 0) is 25.2 Å². The molecule has 2 aliphatic rings. The molecule has 1 aliphatic heterocycles. The monoisotopic (exact) mass is 254 g/mol. The molecule has 1 unspecified atom stereocenters. The highest BCUT2D eigenvalue weighted by Gasteiger charge is 2.24. The van der Waals surface area contributed by atoms with Gasteiger partial charge in [-0.3, -0.25) is 0 Å². The van der Waals surface area contributed by atoms with Crippen LogP contribution in [-0.4, -0.2) is 49.8 Å². The van der Waals surface area contributed by atoms with E-state index >= 15 is 0 Å². The van der Waals surface area contributed by atoms with Crippen LogP contribution in [0.4, 0.5) is 0 Å². The molecule has 1 N–H and O–H groups in total. The second kappa shape index (κ2) is 7.46. The van der Waals surface area contributed by atoms with Gasteiger partial charge < -0.3 is 15.0 Å². The quantitative estimate of drug-likeness (QED) is 0.787. The van der Waals surface area contributed by atoms with Crippen LogP contribution in [0.15, 0.2) is 0 Å². The van der Waals surface area contributed by atoms with Crippen LogP contribution < -0.4 is 5.32 Å². The molecule has 0 aromatic rings. The average Bonchev–Trinajstić information content (AvgIpc) is 2.89. The Morgan fingerprint density at radius 3 is 2.67 bits per heavy atom. The van der Waals surface area contributed by atoms with Crippen LogP contribution in [0.5, 0.6) is 0 Å². The number of hydrogen-bond donors (Lipinski definition) is 1. The Kier molecular flexibility index (Phi) is 5.93. The van der Waals surface area contributed by atoms with Gasteiger partial charge in [-0.2, -0.15) is 0 Å². The number of nitrogens with one attached hydrogen (secondary N) is 1. The zero-order valence-electron chi connectivity index (χ0n) is 12.2. The highest BCUT2D eigenvalue weighted by atomic mass is 16.5. The maximum Gasteiger partial charge on any atom is 0.0712 e. The van der Waals surface area contributed by atoms with Gasteiger partial charge >= 0.3 is 0 Å². The van der Waals surface area contributed by atoms with Gasteiger partial charge in [-0.25, -0.2) is 0 Å². The van der Waals surface area contributed by atoms with Gasteiger partial charge in [0.2, 0.25) is 0 Å². The molecule has 0 bridgehead atoms. The summed E-state index contributed by atoms with van der Waals surface area (Å²) in [6, 6.07) is 0.851. The summed E-state index contributed by atoms with van der Waals surface area (Å²) < 4.78 is 5.81. The van der Waals surface area contributed by atoms with Gasteiger partial charge in [0.25, 0.3) is 0 Å².